The summed E-state index contributed by atoms with van der Waals surface area (Å²) in [5.74, 6) is 0.916. The van der Waals surface area contributed by atoms with Crippen molar-refractivity contribution in [2.75, 3.05) is 39.0 Å². The molecule has 2 rings (SSSR count). The lowest BCUT2D eigenvalue weighted by atomic mass is 10.1. The van der Waals surface area contributed by atoms with Gasteiger partial charge in [0, 0.05) is 18.8 Å². The topological polar surface area (TPSA) is 67.6 Å². The first-order chi connectivity index (χ1) is 9.61. The van der Waals surface area contributed by atoms with Gasteiger partial charge in [0.2, 0.25) is 0 Å². The number of carbonyl (C=O) groups excluding carboxylic acids is 1. The van der Waals surface area contributed by atoms with Gasteiger partial charge in [-0.15, -0.1) is 0 Å². The molecule has 1 heterocycles. The molecule has 0 bridgehead atoms. The highest BCUT2D eigenvalue weighted by Crippen LogP contribution is 2.24. The van der Waals surface area contributed by atoms with Gasteiger partial charge in [-0.3, -0.25) is 4.79 Å². The summed E-state index contributed by atoms with van der Waals surface area (Å²) in [5.41, 5.74) is 6.81. The monoisotopic (exact) mass is 277 g/mol. The minimum atomic E-state index is -0.152. The molecule has 0 aromatic heterocycles. The number of carbonyl (C=O) groups is 1. The molecule has 1 saturated heterocycles. The molecule has 1 aliphatic heterocycles. The average Bonchev–Trinajstić information content (AvgIpc) is 2.82. The van der Waals surface area contributed by atoms with Crippen LogP contribution in [-0.2, 0) is 0 Å². The Balaban J connectivity index is 2.01. The third-order valence-electron chi connectivity index (χ3n) is 3.63. The number of benzene rings is 1. The molecule has 1 amide bonds. The summed E-state index contributed by atoms with van der Waals surface area (Å²) in [6, 6.07) is 5.29. The normalized spacial score (nSPS) is 19.0. The van der Waals surface area contributed by atoms with Crippen molar-refractivity contribution < 1.29 is 9.53 Å². The number of ether oxygens (including phenoxy) is 1. The molecule has 0 spiro atoms. The summed E-state index contributed by atoms with van der Waals surface area (Å²) in [5, 5.41) is 2.98. The molecule has 1 atom stereocenters. The van der Waals surface area contributed by atoms with Crippen LogP contribution in [0.3, 0.4) is 0 Å². The van der Waals surface area contributed by atoms with E-state index in [4.69, 9.17) is 10.5 Å². The van der Waals surface area contributed by atoms with E-state index in [9.17, 15) is 4.79 Å². The Bertz CT molecular complexity index is 476. The third-order valence-corrected chi connectivity index (χ3v) is 3.63. The number of hydrogen-bond acceptors (Lipinski definition) is 4. The number of rotatable bonds is 5. The average molecular weight is 277 g/mol. The van der Waals surface area contributed by atoms with Crippen LogP contribution < -0.4 is 15.8 Å². The first-order valence-electron chi connectivity index (χ1n) is 7.09. The molecular formula is C15H23N3O2. The van der Waals surface area contributed by atoms with E-state index >= 15 is 0 Å². The zero-order valence-electron chi connectivity index (χ0n) is 12.2. The third kappa shape index (κ3) is 3.42. The summed E-state index contributed by atoms with van der Waals surface area (Å²) in [6.07, 6.45) is 1.12. The van der Waals surface area contributed by atoms with Gasteiger partial charge >= 0.3 is 0 Å². The van der Waals surface area contributed by atoms with E-state index in [1.165, 1.54) is 0 Å². The molecule has 110 valence electrons. The maximum absolute atomic E-state index is 12.3. The van der Waals surface area contributed by atoms with Crippen LogP contribution in [-0.4, -0.2) is 44.1 Å². The number of nitrogen functional groups attached to an aromatic ring is 1. The second kappa shape index (κ2) is 6.61. The van der Waals surface area contributed by atoms with Crippen molar-refractivity contribution in [3.63, 3.8) is 0 Å². The Morgan fingerprint density at radius 2 is 2.35 bits per heavy atom. The Kier molecular flexibility index (Phi) is 4.84. The van der Waals surface area contributed by atoms with E-state index in [-0.39, 0.29) is 5.91 Å². The minimum absolute atomic E-state index is 0.152. The van der Waals surface area contributed by atoms with Crippen LogP contribution in [0.15, 0.2) is 18.2 Å². The van der Waals surface area contributed by atoms with Gasteiger partial charge in [-0.2, -0.15) is 0 Å². The van der Waals surface area contributed by atoms with Crippen molar-refractivity contribution in [1.29, 1.82) is 0 Å². The van der Waals surface area contributed by atoms with Crippen molar-refractivity contribution >= 4 is 11.6 Å². The Morgan fingerprint density at radius 3 is 3.00 bits per heavy atom. The Labute approximate surface area is 120 Å². The lowest BCUT2D eigenvalue weighted by Crippen LogP contribution is -2.31. The van der Waals surface area contributed by atoms with Crippen LogP contribution in [0.1, 0.15) is 23.7 Å². The molecule has 1 aromatic rings. The number of nitrogens with one attached hydrogen (secondary N) is 1. The highest BCUT2D eigenvalue weighted by atomic mass is 16.5. The lowest BCUT2D eigenvalue weighted by molar-refractivity contribution is 0.0944. The molecule has 5 heteroatoms. The minimum Gasteiger partial charge on any atom is -0.493 e. The first-order valence-corrected chi connectivity index (χ1v) is 7.09. The van der Waals surface area contributed by atoms with E-state index in [0.29, 0.717) is 36.1 Å². The maximum atomic E-state index is 12.3. The van der Waals surface area contributed by atoms with Gasteiger partial charge in [-0.1, -0.05) is 6.07 Å². The Morgan fingerprint density at radius 1 is 1.55 bits per heavy atom. The first kappa shape index (κ1) is 14.7. The summed E-state index contributed by atoms with van der Waals surface area (Å²) in [7, 11) is 2.10. The fourth-order valence-electron chi connectivity index (χ4n) is 2.59. The van der Waals surface area contributed by atoms with Crippen LogP contribution in [0.25, 0.3) is 0 Å². The second-order valence-corrected chi connectivity index (χ2v) is 5.28. The van der Waals surface area contributed by atoms with Gasteiger partial charge in [-0.25, -0.2) is 0 Å². The van der Waals surface area contributed by atoms with Crippen LogP contribution >= 0.6 is 0 Å². The SMILES string of the molecule is CCOc1cccc(N)c1C(=O)NCC1CCN(C)C1. The van der Waals surface area contributed by atoms with E-state index in [1.807, 2.05) is 6.92 Å². The predicted octanol–water partition coefficient (Wildman–Crippen LogP) is 1.35. The van der Waals surface area contributed by atoms with E-state index < -0.39 is 0 Å². The molecule has 1 unspecified atom stereocenters. The summed E-state index contributed by atoms with van der Waals surface area (Å²) < 4.78 is 5.48. The van der Waals surface area contributed by atoms with E-state index in [1.54, 1.807) is 18.2 Å². The largest absolute Gasteiger partial charge is 0.493 e. The molecule has 3 N–H and O–H groups in total. The zero-order valence-corrected chi connectivity index (χ0v) is 12.2. The van der Waals surface area contributed by atoms with Gasteiger partial charge in [-0.05, 0) is 45.0 Å². The number of amides is 1. The standard InChI is InChI=1S/C15H23N3O2/c1-3-20-13-6-4-5-12(16)14(13)15(19)17-9-11-7-8-18(2)10-11/h4-6,11H,3,7-10,16H2,1-2H3,(H,17,19). The summed E-state index contributed by atoms with van der Waals surface area (Å²) in [4.78, 5) is 14.6. The van der Waals surface area contributed by atoms with Crippen LogP contribution in [0, 0.1) is 5.92 Å². The molecule has 1 aromatic carbocycles. The van der Waals surface area contributed by atoms with Crippen molar-refractivity contribution in [3.05, 3.63) is 23.8 Å². The van der Waals surface area contributed by atoms with Crippen LogP contribution in [0.2, 0.25) is 0 Å². The molecule has 20 heavy (non-hydrogen) atoms. The number of hydrogen-bond donors (Lipinski definition) is 2. The number of nitrogens with zero attached hydrogens (tertiary/aromatic N) is 1. The smallest absolute Gasteiger partial charge is 0.257 e. The molecule has 1 aliphatic rings. The molecular weight excluding hydrogens is 254 g/mol. The lowest BCUT2D eigenvalue weighted by Gasteiger charge is -2.15. The van der Waals surface area contributed by atoms with Gasteiger partial charge in [0.25, 0.3) is 5.91 Å². The van der Waals surface area contributed by atoms with Crippen LogP contribution in [0.5, 0.6) is 5.75 Å². The quantitative estimate of drug-likeness (QED) is 0.797. The molecule has 5 nitrogen and oxygen atoms in total. The number of anilines is 1. The highest BCUT2D eigenvalue weighted by molar-refractivity contribution is 6.01. The molecule has 0 aliphatic carbocycles. The fourth-order valence-corrected chi connectivity index (χ4v) is 2.59. The fraction of sp³-hybridized carbons (Fsp3) is 0.533. The molecule has 0 saturated carbocycles. The predicted molar refractivity (Wildman–Crippen MR) is 80.0 cm³/mol. The van der Waals surface area contributed by atoms with Crippen LogP contribution in [0.4, 0.5) is 5.69 Å². The zero-order chi connectivity index (χ0) is 14.5. The van der Waals surface area contributed by atoms with Crippen molar-refractivity contribution in [2.45, 2.75) is 13.3 Å². The van der Waals surface area contributed by atoms with Gasteiger partial charge < -0.3 is 20.7 Å². The summed E-state index contributed by atoms with van der Waals surface area (Å²) >= 11 is 0. The second-order valence-electron chi connectivity index (χ2n) is 5.28. The van der Waals surface area contributed by atoms with Crippen molar-refractivity contribution in [1.82, 2.24) is 10.2 Å². The van der Waals surface area contributed by atoms with Gasteiger partial charge in [0.15, 0.2) is 0 Å². The van der Waals surface area contributed by atoms with E-state index in [0.717, 1.165) is 19.5 Å². The van der Waals surface area contributed by atoms with Crippen molar-refractivity contribution in [3.8, 4) is 5.75 Å². The van der Waals surface area contributed by atoms with Gasteiger partial charge in [0.1, 0.15) is 11.3 Å². The molecule has 0 radical (unpaired) electrons. The van der Waals surface area contributed by atoms with Crippen molar-refractivity contribution in [2.24, 2.45) is 5.92 Å². The summed E-state index contributed by atoms with van der Waals surface area (Å²) in [6.45, 7) is 5.21. The highest BCUT2D eigenvalue weighted by Gasteiger charge is 2.21. The molecule has 1 fully saturated rings. The van der Waals surface area contributed by atoms with E-state index in [2.05, 4.69) is 17.3 Å². The van der Waals surface area contributed by atoms with Gasteiger partial charge in [0.05, 0.1) is 6.61 Å². The number of nitrogens with two attached hydrogens (primary N) is 1. The Hall–Kier alpha value is -1.75. The maximum Gasteiger partial charge on any atom is 0.257 e. The number of likely N-dealkylation sites (tertiary alicyclic amines) is 1.